The summed E-state index contributed by atoms with van der Waals surface area (Å²) in [5, 5.41) is 0. The van der Waals surface area contributed by atoms with Crippen LogP contribution in [0.3, 0.4) is 0 Å². The molecule has 0 aliphatic carbocycles. The molecule has 16 heavy (non-hydrogen) atoms. The lowest BCUT2D eigenvalue weighted by atomic mass is 9.85. The van der Waals surface area contributed by atoms with Gasteiger partial charge in [0.25, 0.3) is 0 Å². The highest BCUT2D eigenvalue weighted by Gasteiger charge is 2.41. The molecule has 0 saturated carbocycles. The van der Waals surface area contributed by atoms with Gasteiger partial charge in [0, 0.05) is 32.7 Å². The zero-order valence-electron chi connectivity index (χ0n) is 9.65. The van der Waals surface area contributed by atoms with E-state index in [-0.39, 0.29) is 11.6 Å². The second kappa shape index (κ2) is 4.99. The molecular weight excluding hydrogens is 206 g/mol. The highest BCUT2D eigenvalue weighted by molar-refractivity contribution is 5.11. The van der Waals surface area contributed by atoms with Gasteiger partial charge in [-0.05, 0) is 19.1 Å². The van der Waals surface area contributed by atoms with Crippen LogP contribution in [-0.4, -0.2) is 25.4 Å². The van der Waals surface area contributed by atoms with E-state index in [1.54, 1.807) is 6.26 Å². The fraction of sp³-hybridized carbons (Fsp3) is 0.667. The van der Waals surface area contributed by atoms with Crippen LogP contribution in [0.5, 0.6) is 0 Å². The van der Waals surface area contributed by atoms with E-state index < -0.39 is 0 Å². The molecule has 0 amide bonds. The van der Waals surface area contributed by atoms with Crippen molar-refractivity contribution in [1.82, 2.24) is 0 Å². The Morgan fingerprint density at radius 2 is 2.25 bits per heavy atom. The van der Waals surface area contributed by atoms with E-state index in [9.17, 15) is 0 Å². The largest absolute Gasteiger partial charge is 0.468 e. The lowest BCUT2D eigenvalue weighted by Gasteiger charge is -2.40. The molecule has 0 bridgehead atoms. The van der Waals surface area contributed by atoms with E-state index in [4.69, 9.17) is 19.6 Å². The molecule has 4 heteroatoms. The molecule has 1 aromatic heterocycles. The van der Waals surface area contributed by atoms with Gasteiger partial charge in [-0.25, -0.2) is 0 Å². The van der Waals surface area contributed by atoms with Gasteiger partial charge in [0.15, 0.2) is 0 Å². The van der Waals surface area contributed by atoms with Crippen molar-refractivity contribution < 1.29 is 13.9 Å². The molecule has 2 rings (SSSR count). The average Bonchev–Trinajstić information content (AvgIpc) is 2.83. The molecule has 2 heterocycles. The summed E-state index contributed by atoms with van der Waals surface area (Å²) < 4.78 is 16.6. The van der Waals surface area contributed by atoms with Crippen molar-refractivity contribution in [2.75, 3.05) is 19.8 Å². The van der Waals surface area contributed by atoms with Crippen molar-refractivity contribution in [2.45, 2.75) is 31.4 Å². The fourth-order valence-electron chi connectivity index (χ4n) is 2.28. The van der Waals surface area contributed by atoms with E-state index in [1.165, 1.54) is 0 Å². The van der Waals surface area contributed by atoms with Gasteiger partial charge in [0.2, 0.25) is 0 Å². The number of hydrogen-bond donors (Lipinski definition) is 1. The third-order valence-electron chi connectivity index (χ3n) is 3.19. The molecule has 1 aliphatic rings. The zero-order valence-corrected chi connectivity index (χ0v) is 9.65. The highest BCUT2D eigenvalue weighted by Crippen LogP contribution is 2.36. The first kappa shape index (κ1) is 11.6. The third kappa shape index (κ3) is 2.14. The lowest BCUT2D eigenvalue weighted by molar-refractivity contribution is -0.124. The SMILES string of the molecule is CCOC1(C(N)c2ccco2)CCOCC1. The number of furan rings is 1. The monoisotopic (exact) mass is 225 g/mol. The summed E-state index contributed by atoms with van der Waals surface area (Å²) in [6.07, 6.45) is 3.29. The quantitative estimate of drug-likeness (QED) is 0.849. The topological polar surface area (TPSA) is 57.6 Å². The molecule has 1 fully saturated rings. The van der Waals surface area contributed by atoms with Crippen molar-refractivity contribution >= 4 is 0 Å². The van der Waals surface area contributed by atoms with Crippen molar-refractivity contribution in [2.24, 2.45) is 5.73 Å². The first-order chi connectivity index (χ1) is 7.78. The van der Waals surface area contributed by atoms with E-state index in [0.717, 1.165) is 18.6 Å². The van der Waals surface area contributed by atoms with Crippen molar-refractivity contribution in [3.63, 3.8) is 0 Å². The van der Waals surface area contributed by atoms with Crippen molar-refractivity contribution in [3.8, 4) is 0 Å². The predicted octanol–water partition coefficient (Wildman–Crippen LogP) is 1.87. The minimum absolute atomic E-state index is 0.216. The molecule has 1 saturated heterocycles. The second-order valence-corrected chi connectivity index (χ2v) is 4.10. The summed E-state index contributed by atoms with van der Waals surface area (Å²) >= 11 is 0. The van der Waals surface area contributed by atoms with E-state index in [0.29, 0.717) is 19.8 Å². The Bertz CT molecular complexity index is 299. The Morgan fingerprint density at radius 1 is 1.50 bits per heavy atom. The van der Waals surface area contributed by atoms with Crippen LogP contribution in [0.4, 0.5) is 0 Å². The Hall–Kier alpha value is -0.840. The van der Waals surface area contributed by atoms with E-state index in [1.807, 2.05) is 19.1 Å². The van der Waals surface area contributed by atoms with Crippen LogP contribution in [0.25, 0.3) is 0 Å². The van der Waals surface area contributed by atoms with Crippen LogP contribution < -0.4 is 5.73 Å². The standard InChI is InChI=1S/C12H19NO3/c1-2-16-12(5-8-14-9-6-12)11(13)10-4-3-7-15-10/h3-4,7,11H,2,5-6,8-9,13H2,1H3. The first-order valence-corrected chi connectivity index (χ1v) is 5.79. The van der Waals surface area contributed by atoms with Crippen LogP contribution in [0.2, 0.25) is 0 Å². The minimum atomic E-state index is -0.329. The average molecular weight is 225 g/mol. The van der Waals surface area contributed by atoms with Crippen LogP contribution >= 0.6 is 0 Å². The number of nitrogens with two attached hydrogens (primary N) is 1. The van der Waals surface area contributed by atoms with Gasteiger partial charge >= 0.3 is 0 Å². The maximum absolute atomic E-state index is 6.26. The number of hydrogen-bond acceptors (Lipinski definition) is 4. The molecule has 0 aromatic carbocycles. The zero-order chi connectivity index (χ0) is 11.4. The minimum Gasteiger partial charge on any atom is -0.468 e. The maximum Gasteiger partial charge on any atom is 0.123 e. The Morgan fingerprint density at radius 3 is 2.81 bits per heavy atom. The van der Waals surface area contributed by atoms with Gasteiger partial charge in [0.1, 0.15) is 5.76 Å². The lowest BCUT2D eigenvalue weighted by Crippen LogP contribution is -2.48. The Kier molecular flexibility index (Phi) is 3.63. The third-order valence-corrected chi connectivity index (χ3v) is 3.19. The summed E-state index contributed by atoms with van der Waals surface area (Å²) in [6.45, 7) is 4.06. The summed E-state index contributed by atoms with van der Waals surface area (Å²) in [6, 6.07) is 3.54. The van der Waals surface area contributed by atoms with Gasteiger partial charge in [-0.3, -0.25) is 0 Å². The molecule has 0 radical (unpaired) electrons. The van der Waals surface area contributed by atoms with Gasteiger partial charge in [-0.15, -0.1) is 0 Å². The number of ether oxygens (including phenoxy) is 2. The van der Waals surface area contributed by atoms with Crippen LogP contribution in [-0.2, 0) is 9.47 Å². The van der Waals surface area contributed by atoms with Crippen LogP contribution in [0.1, 0.15) is 31.6 Å². The molecular formula is C12H19NO3. The maximum atomic E-state index is 6.26. The molecule has 0 spiro atoms. The molecule has 90 valence electrons. The summed E-state index contributed by atoms with van der Waals surface area (Å²) in [5.41, 5.74) is 5.93. The molecule has 1 atom stereocenters. The van der Waals surface area contributed by atoms with Gasteiger partial charge in [0.05, 0.1) is 17.9 Å². The van der Waals surface area contributed by atoms with E-state index in [2.05, 4.69) is 0 Å². The van der Waals surface area contributed by atoms with Crippen molar-refractivity contribution in [3.05, 3.63) is 24.2 Å². The Labute approximate surface area is 95.7 Å². The molecule has 2 N–H and O–H groups in total. The summed E-state index contributed by atoms with van der Waals surface area (Å²) in [7, 11) is 0. The fourth-order valence-corrected chi connectivity index (χ4v) is 2.28. The van der Waals surface area contributed by atoms with Crippen molar-refractivity contribution in [1.29, 1.82) is 0 Å². The molecule has 4 nitrogen and oxygen atoms in total. The highest BCUT2D eigenvalue weighted by atomic mass is 16.5. The van der Waals surface area contributed by atoms with E-state index >= 15 is 0 Å². The molecule has 1 aliphatic heterocycles. The van der Waals surface area contributed by atoms with Gasteiger partial charge in [-0.1, -0.05) is 0 Å². The van der Waals surface area contributed by atoms with Gasteiger partial charge < -0.3 is 19.6 Å². The Balaban J connectivity index is 2.17. The number of rotatable bonds is 4. The van der Waals surface area contributed by atoms with Crippen LogP contribution in [0.15, 0.2) is 22.8 Å². The molecule has 1 unspecified atom stereocenters. The second-order valence-electron chi connectivity index (χ2n) is 4.10. The van der Waals surface area contributed by atoms with Gasteiger partial charge in [-0.2, -0.15) is 0 Å². The first-order valence-electron chi connectivity index (χ1n) is 5.79. The summed E-state index contributed by atoms with van der Waals surface area (Å²) in [5.74, 6) is 0.787. The smallest absolute Gasteiger partial charge is 0.123 e. The summed E-state index contributed by atoms with van der Waals surface area (Å²) in [4.78, 5) is 0. The van der Waals surface area contributed by atoms with Crippen LogP contribution in [0, 0.1) is 0 Å². The predicted molar refractivity (Wildman–Crippen MR) is 60.0 cm³/mol. The normalized spacial score (nSPS) is 21.9. The molecule has 1 aromatic rings.